The van der Waals surface area contributed by atoms with Crippen molar-refractivity contribution in [1.82, 2.24) is 14.9 Å². The number of nitrogens with zero attached hydrogens (tertiary/aromatic N) is 1. The fourth-order valence-corrected chi connectivity index (χ4v) is 1.63. The Labute approximate surface area is 98.4 Å². The van der Waals surface area contributed by atoms with Gasteiger partial charge in [-0.2, -0.15) is 0 Å². The molecular weight excluding hydrogens is 218 g/mol. The maximum atomic E-state index is 12.0. The van der Waals surface area contributed by atoms with E-state index in [1.54, 1.807) is 18.2 Å². The number of H-pyrrole nitrogens is 1. The number of carbonyl (C=O) groups is 1. The van der Waals surface area contributed by atoms with Gasteiger partial charge in [-0.1, -0.05) is 12.1 Å². The fraction of sp³-hybridized carbons (Fsp3) is 0.333. The summed E-state index contributed by atoms with van der Waals surface area (Å²) in [5, 5.41) is 2.76. The molecular formula is C12H15N3O2. The van der Waals surface area contributed by atoms with Crippen LogP contribution in [0.3, 0.4) is 0 Å². The topological polar surface area (TPSA) is 66.9 Å². The number of hydrogen-bond acceptors (Lipinski definition) is 2. The first kappa shape index (κ1) is 11.4. The third-order valence-electron chi connectivity index (χ3n) is 2.27. The van der Waals surface area contributed by atoms with Gasteiger partial charge in [0.05, 0.1) is 11.0 Å². The molecule has 0 aliphatic carbocycles. The number of aromatic nitrogens is 2. The molecule has 0 spiro atoms. The largest absolute Gasteiger partial charge is 0.334 e. The van der Waals surface area contributed by atoms with Gasteiger partial charge in [0.15, 0.2) is 0 Å². The van der Waals surface area contributed by atoms with Gasteiger partial charge in [-0.25, -0.2) is 14.2 Å². The van der Waals surface area contributed by atoms with Crippen molar-refractivity contribution in [3.63, 3.8) is 0 Å². The molecule has 0 atom stereocenters. The summed E-state index contributed by atoms with van der Waals surface area (Å²) in [6, 6.07) is 6.67. The molecule has 0 fully saturated rings. The van der Waals surface area contributed by atoms with E-state index in [0.717, 1.165) is 4.57 Å². The number of fused-ring (bicyclic) bond motifs is 1. The van der Waals surface area contributed by atoms with Crippen molar-refractivity contribution in [2.45, 2.75) is 26.3 Å². The molecule has 17 heavy (non-hydrogen) atoms. The molecule has 2 rings (SSSR count). The Bertz CT molecular complexity index is 616. The highest BCUT2D eigenvalue weighted by Crippen LogP contribution is 2.09. The number of carbonyl (C=O) groups excluding carboxylic acids is 1. The Morgan fingerprint density at radius 1 is 1.29 bits per heavy atom. The van der Waals surface area contributed by atoms with Crippen LogP contribution in [-0.4, -0.2) is 21.1 Å². The highest BCUT2D eigenvalue weighted by atomic mass is 16.2. The summed E-state index contributed by atoms with van der Waals surface area (Å²) in [5.41, 5.74) is 0.434. The zero-order chi connectivity index (χ0) is 12.6. The second-order valence-corrected chi connectivity index (χ2v) is 4.96. The maximum Gasteiger partial charge on any atom is 0.334 e. The van der Waals surface area contributed by atoms with Crippen LogP contribution in [0.15, 0.2) is 29.1 Å². The average Bonchev–Trinajstić information content (AvgIpc) is 2.50. The number of benzene rings is 1. The number of imidazole rings is 1. The van der Waals surface area contributed by atoms with E-state index in [9.17, 15) is 9.59 Å². The van der Waals surface area contributed by atoms with E-state index in [1.165, 1.54) is 0 Å². The van der Waals surface area contributed by atoms with Crippen molar-refractivity contribution in [3.8, 4) is 0 Å². The summed E-state index contributed by atoms with van der Waals surface area (Å²) in [4.78, 5) is 26.3. The summed E-state index contributed by atoms with van der Waals surface area (Å²) in [6.45, 7) is 5.60. The first-order valence-corrected chi connectivity index (χ1v) is 5.41. The predicted octanol–water partition coefficient (Wildman–Crippen LogP) is 1.69. The Morgan fingerprint density at radius 3 is 2.59 bits per heavy atom. The van der Waals surface area contributed by atoms with Gasteiger partial charge >= 0.3 is 11.7 Å². The monoisotopic (exact) mass is 233 g/mol. The second-order valence-electron chi connectivity index (χ2n) is 4.96. The first-order valence-electron chi connectivity index (χ1n) is 5.41. The van der Waals surface area contributed by atoms with E-state index in [1.807, 2.05) is 26.8 Å². The minimum atomic E-state index is -0.423. The van der Waals surface area contributed by atoms with Crippen LogP contribution < -0.4 is 11.0 Å². The molecule has 1 aromatic heterocycles. The van der Waals surface area contributed by atoms with Gasteiger partial charge in [0.1, 0.15) is 0 Å². The maximum absolute atomic E-state index is 12.0. The van der Waals surface area contributed by atoms with Gasteiger partial charge in [-0.15, -0.1) is 0 Å². The fourth-order valence-electron chi connectivity index (χ4n) is 1.63. The molecule has 0 saturated carbocycles. The summed E-state index contributed by atoms with van der Waals surface area (Å²) >= 11 is 0. The van der Waals surface area contributed by atoms with Crippen LogP contribution in [0.5, 0.6) is 0 Å². The molecule has 90 valence electrons. The highest BCUT2D eigenvalue weighted by Gasteiger charge is 2.18. The zero-order valence-corrected chi connectivity index (χ0v) is 10.1. The number of hydrogen-bond donors (Lipinski definition) is 2. The molecule has 2 aromatic rings. The summed E-state index contributed by atoms with van der Waals surface area (Å²) < 4.78 is 1.11. The average molecular weight is 233 g/mol. The van der Waals surface area contributed by atoms with Crippen molar-refractivity contribution in [1.29, 1.82) is 0 Å². The Kier molecular flexibility index (Phi) is 2.53. The third kappa shape index (κ3) is 2.22. The molecule has 5 nitrogen and oxygen atoms in total. The first-order chi connectivity index (χ1) is 7.88. The van der Waals surface area contributed by atoms with Crippen molar-refractivity contribution in [2.24, 2.45) is 0 Å². The molecule has 2 N–H and O–H groups in total. The lowest BCUT2D eigenvalue weighted by molar-refractivity contribution is 0.233. The molecule has 1 aromatic carbocycles. The van der Waals surface area contributed by atoms with Gasteiger partial charge in [0.25, 0.3) is 0 Å². The number of aromatic amines is 1. The molecule has 0 aliphatic rings. The number of para-hydroxylation sites is 2. The van der Waals surface area contributed by atoms with Crippen LogP contribution in [0.2, 0.25) is 0 Å². The van der Waals surface area contributed by atoms with E-state index in [2.05, 4.69) is 10.3 Å². The van der Waals surface area contributed by atoms with Gasteiger partial charge in [0.2, 0.25) is 0 Å². The third-order valence-corrected chi connectivity index (χ3v) is 2.27. The number of amides is 1. The van der Waals surface area contributed by atoms with Crippen molar-refractivity contribution < 1.29 is 4.79 Å². The Balaban J connectivity index is 2.52. The van der Waals surface area contributed by atoms with E-state index in [4.69, 9.17) is 0 Å². The Hall–Kier alpha value is -2.04. The molecule has 0 saturated heterocycles. The molecule has 1 heterocycles. The van der Waals surface area contributed by atoms with Gasteiger partial charge in [-0.3, -0.25) is 0 Å². The highest BCUT2D eigenvalue weighted by molar-refractivity contribution is 5.89. The molecule has 0 bridgehead atoms. The van der Waals surface area contributed by atoms with Crippen LogP contribution in [0.1, 0.15) is 20.8 Å². The number of nitrogens with one attached hydrogen (secondary N) is 2. The van der Waals surface area contributed by atoms with Crippen molar-refractivity contribution in [3.05, 3.63) is 34.7 Å². The smallest absolute Gasteiger partial charge is 0.333 e. The molecule has 5 heteroatoms. The standard InChI is InChI=1S/C12H15N3O2/c1-12(2,3)14-11(17)15-9-7-5-4-6-8(9)13-10(15)16/h4-7H,1-3H3,(H,13,16)(H,14,17). The molecule has 1 amide bonds. The van der Waals surface area contributed by atoms with Crippen LogP contribution in [-0.2, 0) is 0 Å². The summed E-state index contributed by atoms with van der Waals surface area (Å²) in [5.74, 6) is 0. The van der Waals surface area contributed by atoms with Crippen LogP contribution in [0, 0.1) is 0 Å². The van der Waals surface area contributed by atoms with E-state index in [-0.39, 0.29) is 5.54 Å². The van der Waals surface area contributed by atoms with Crippen LogP contribution in [0.25, 0.3) is 11.0 Å². The van der Waals surface area contributed by atoms with Gasteiger partial charge in [0, 0.05) is 5.54 Å². The van der Waals surface area contributed by atoms with E-state index >= 15 is 0 Å². The van der Waals surface area contributed by atoms with Gasteiger partial charge < -0.3 is 10.3 Å². The minimum Gasteiger partial charge on any atom is -0.333 e. The SMILES string of the molecule is CC(C)(C)NC(=O)n1c(=O)[nH]c2ccccc21. The number of rotatable bonds is 0. The predicted molar refractivity (Wildman–Crippen MR) is 66.2 cm³/mol. The quantitative estimate of drug-likeness (QED) is 0.727. The molecule has 0 aliphatic heterocycles. The summed E-state index contributed by atoms with van der Waals surface area (Å²) in [7, 11) is 0. The lowest BCUT2D eigenvalue weighted by Crippen LogP contribution is -2.45. The lowest BCUT2D eigenvalue weighted by Gasteiger charge is -2.20. The van der Waals surface area contributed by atoms with E-state index < -0.39 is 11.7 Å². The summed E-state index contributed by atoms with van der Waals surface area (Å²) in [6.07, 6.45) is 0. The lowest BCUT2D eigenvalue weighted by atomic mass is 10.1. The van der Waals surface area contributed by atoms with Crippen LogP contribution in [0.4, 0.5) is 4.79 Å². The van der Waals surface area contributed by atoms with Crippen molar-refractivity contribution in [2.75, 3.05) is 0 Å². The normalized spacial score (nSPS) is 11.7. The molecule has 0 unspecified atom stereocenters. The molecule has 0 radical (unpaired) electrons. The minimum absolute atomic E-state index is 0.380. The zero-order valence-electron chi connectivity index (χ0n) is 10.1. The van der Waals surface area contributed by atoms with Crippen LogP contribution >= 0.6 is 0 Å². The van der Waals surface area contributed by atoms with E-state index in [0.29, 0.717) is 11.0 Å². The van der Waals surface area contributed by atoms with Gasteiger partial charge in [-0.05, 0) is 32.9 Å². The second kappa shape index (κ2) is 3.76. The Morgan fingerprint density at radius 2 is 1.94 bits per heavy atom. The van der Waals surface area contributed by atoms with Crippen molar-refractivity contribution >= 4 is 17.1 Å².